The number of nitrogens with zero attached hydrogens (tertiary/aromatic N) is 1. The molecule has 0 unspecified atom stereocenters. The van der Waals surface area contributed by atoms with Gasteiger partial charge in [0.2, 0.25) is 0 Å². The van der Waals surface area contributed by atoms with E-state index in [4.69, 9.17) is 24.7 Å². The molecule has 0 fully saturated rings. The number of pyridine rings is 1. The zero-order chi connectivity index (χ0) is 12.7. The summed E-state index contributed by atoms with van der Waals surface area (Å²) in [6.07, 6.45) is 1.41. The molecule has 0 saturated heterocycles. The average molecular weight is 335 g/mol. The number of carbonyl (C=O) groups is 1. The molecule has 1 heterocycles. The third-order valence-electron chi connectivity index (χ3n) is 0.874. The van der Waals surface area contributed by atoms with Crippen LogP contribution in [-0.4, -0.2) is 32.0 Å². The third kappa shape index (κ3) is 23.6. The van der Waals surface area contributed by atoms with E-state index >= 15 is 0 Å². The summed E-state index contributed by atoms with van der Waals surface area (Å²) in [5.74, 6) is -1.24. The van der Waals surface area contributed by atoms with E-state index < -0.39 is 5.97 Å². The van der Waals surface area contributed by atoms with Crippen LogP contribution < -0.4 is 108 Å². The molecule has 4 N–H and O–H groups in total. The second kappa shape index (κ2) is 30.9. The summed E-state index contributed by atoms with van der Waals surface area (Å²) >= 11 is 1.06. The molecule has 0 atom stereocenters. The third-order valence-corrected chi connectivity index (χ3v) is 0.874. The Labute approximate surface area is 191 Å². The fourth-order valence-electron chi connectivity index (χ4n) is 0.484. The molecule has 8 nitrogen and oxygen atoms in total. The quantitative estimate of drug-likeness (QED) is 0.225. The standard InChI is InChI=1S/C6H5NO2.2K.2H2O2.O.V/c8-6(9)5-3-1-2-4-7-5;;;2*1-2;;/h1-4H,(H,8,9);;;2*1-2H;;/q;2*+1;;;;/p-1. The fourth-order valence-corrected chi connectivity index (χ4v) is 0.484. The van der Waals surface area contributed by atoms with Crippen LogP contribution in [0.2, 0.25) is 0 Å². The summed E-state index contributed by atoms with van der Waals surface area (Å²) in [6, 6.07) is 4.62. The topological polar surface area (TPSA) is 151 Å². The van der Waals surface area contributed by atoms with Gasteiger partial charge < -0.3 is 9.90 Å². The Morgan fingerprint density at radius 1 is 1.12 bits per heavy atom. The number of rotatable bonds is 1. The van der Waals surface area contributed by atoms with Crippen LogP contribution >= 0.6 is 0 Å². The Bertz CT molecular complexity index is 241. The second-order valence-electron chi connectivity index (χ2n) is 1.50. The predicted molar refractivity (Wildman–Crippen MR) is 39.8 cm³/mol. The van der Waals surface area contributed by atoms with Crippen LogP contribution in [0.4, 0.5) is 0 Å². The summed E-state index contributed by atoms with van der Waals surface area (Å²) < 4.78 is 8.19. The first kappa shape index (κ1) is 31.5. The Balaban J connectivity index is -0.0000000530. The Morgan fingerprint density at radius 3 is 1.71 bits per heavy atom. The first-order chi connectivity index (χ1) is 7.30. The van der Waals surface area contributed by atoms with Gasteiger partial charge in [0.15, 0.2) is 0 Å². The summed E-state index contributed by atoms with van der Waals surface area (Å²) in [7, 11) is 0. The molecule has 0 aliphatic carbocycles. The molecule has 1 aromatic heterocycles. The number of hydrogen-bond donors (Lipinski definition) is 4. The summed E-state index contributed by atoms with van der Waals surface area (Å²) in [5, 5.41) is 34.0. The Morgan fingerprint density at radius 2 is 1.53 bits per heavy atom. The van der Waals surface area contributed by atoms with Crippen LogP contribution in [0.3, 0.4) is 0 Å². The second-order valence-corrected chi connectivity index (χ2v) is 1.50. The van der Waals surface area contributed by atoms with Gasteiger partial charge in [-0.25, -0.2) is 0 Å². The van der Waals surface area contributed by atoms with Gasteiger partial charge in [-0.05, 0) is 12.1 Å². The van der Waals surface area contributed by atoms with Gasteiger partial charge in [0, 0.05) is 6.20 Å². The SMILES string of the molecule is O=C([O-])c1ccccn1.OO.OO.[K+].[K+].[O]=[V]. The van der Waals surface area contributed by atoms with Gasteiger partial charge in [0.1, 0.15) is 0 Å². The van der Waals surface area contributed by atoms with Crippen molar-refractivity contribution in [2.75, 3.05) is 0 Å². The number of carboxylic acids is 1. The van der Waals surface area contributed by atoms with E-state index in [1.54, 1.807) is 12.1 Å². The molecule has 11 heteroatoms. The summed E-state index contributed by atoms with van der Waals surface area (Å²) in [4.78, 5) is 13.5. The molecule has 0 spiro atoms. The van der Waals surface area contributed by atoms with Gasteiger partial charge in [-0.1, -0.05) is 6.07 Å². The molecule has 1 aromatic rings. The number of hydrogen-bond acceptors (Lipinski definition) is 8. The molecular weight excluding hydrogens is 327 g/mol. The molecule has 0 aromatic carbocycles. The number of aromatic carboxylic acids is 1. The van der Waals surface area contributed by atoms with Crippen LogP contribution in [0.1, 0.15) is 10.5 Å². The van der Waals surface area contributed by atoms with Gasteiger partial charge in [-0.15, -0.1) is 0 Å². The normalized spacial score (nSPS) is 5.59. The van der Waals surface area contributed by atoms with Gasteiger partial charge in [0.05, 0.1) is 11.7 Å². The Hall–Kier alpha value is 2.12. The molecule has 0 radical (unpaired) electrons. The molecule has 0 saturated carbocycles. The van der Waals surface area contributed by atoms with Crippen molar-refractivity contribution in [1.29, 1.82) is 0 Å². The van der Waals surface area contributed by atoms with E-state index in [0.29, 0.717) is 0 Å². The van der Waals surface area contributed by atoms with Crippen molar-refractivity contribution in [3.8, 4) is 0 Å². The van der Waals surface area contributed by atoms with E-state index in [9.17, 15) is 9.90 Å². The molecule has 17 heavy (non-hydrogen) atoms. The van der Waals surface area contributed by atoms with Crippen LogP contribution in [0.5, 0.6) is 0 Å². The Kier molecular flexibility index (Phi) is 57.1. The van der Waals surface area contributed by atoms with Crippen molar-refractivity contribution in [3.05, 3.63) is 30.1 Å². The van der Waals surface area contributed by atoms with Crippen molar-refractivity contribution >= 4 is 5.97 Å². The average Bonchev–Trinajstić information content (AvgIpc) is 2.38. The van der Waals surface area contributed by atoms with E-state index in [1.165, 1.54) is 12.3 Å². The molecule has 0 aliphatic rings. The van der Waals surface area contributed by atoms with Crippen molar-refractivity contribution in [3.63, 3.8) is 0 Å². The van der Waals surface area contributed by atoms with Gasteiger partial charge in [-0.2, -0.15) is 0 Å². The summed E-state index contributed by atoms with van der Waals surface area (Å²) in [6.45, 7) is 0. The number of carbonyl (C=O) groups excluding carboxylic acids is 1. The van der Waals surface area contributed by atoms with Crippen LogP contribution in [-0.2, 0) is 21.0 Å². The van der Waals surface area contributed by atoms with Crippen molar-refractivity contribution < 1.29 is 155 Å². The van der Waals surface area contributed by atoms with E-state index in [2.05, 4.69) is 4.98 Å². The summed E-state index contributed by atoms with van der Waals surface area (Å²) in [5.41, 5.74) is -0.0301. The van der Waals surface area contributed by atoms with Gasteiger partial charge in [-0.3, -0.25) is 26.0 Å². The number of carboxylic acid groups (broad SMARTS) is 1. The van der Waals surface area contributed by atoms with Crippen LogP contribution in [0.25, 0.3) is 0 Å². The van der Waals surface area contributed by atoms with Gasteiger partial charge in [0.25, 0.3) is 0 Å². The van der Waals surface area contributed by atoms with E-state index in [-0.39, 0.29) is 108 Å². The first-order valence-corrected chi connectivity index (χ1v) is 3.58. The minimum atomic E-state index is -1.24. The molecule has 85 valence electrons. The number of aromatic nitrogens is 1. The van der Waals surface area contributed by atoms with E-state index in [1.807, 2.05) is 0 Å². The molecular formula is C6H8K2NO7V+. The van der Waals surface area contributed by atoms with E-state index in [0.717, 1.165) is 17.4 Å². The maximum absolute atomic E-state index is 10.0. The van der Waals surface area contributed by atoms with Gasteiger partial charge >= 0.3 is 124 Å². The zero-order valence-corrected chi connectivity index (χ0v) is 16.9. The maximum atomic E-state index is 10.0. The van der Waals surface area contributed by atoms with Crippen molar-refractivity contribution in [1.82, 2.24) is 4.98 Å². The van der Waals surface area contributed by atoms with Crippen molar-refractivity contribution in [2.45, 2.75) is 0 Å². The zero-order valence-electron chi connectivity index (χ0n) is 9.22. The minimum absolute atomic E-state index is 0. The van der Waals surface area contributed by atoms with Crippen LogP contribution in [0, 0.1) is 0 Å². The molecule has 1 rings (SSSR count). The monoisotopic (exact) mass is 335 g/mol. The molecule has 0 amide bonds. The first-order valence-electron chi connectivity index (χ1n) is 3.01. The van der Waals surface area contributed by atoms with Crippen molar-refractivity contribution in [2.24, 2.45) is 0 Å². The molecule has 0 bridgehead atoms. The van der Waals surface area contributed by atoms with Crippen LogP contribution in [0.15, 0.2) is 24.4 Å². The molecule has 0 aliphatic heterocycles. The predicted octanol–water partition coefficient (Wildman–Crippen LogP) is -6.63. The fraction of sp³-hybridized carbons (Fsp3) is 0.